The molecule has 2 aromatic rings. The second-order valence-electron chi connectivity index (χ2n) is 5.85. The molecule has 2 rings (SSSR count). The number of carbonyl (C=O) groups excluding carboxylic acids is 1. The highest BCUT2D eigenvalue weighted by atomic mass is 16.5. The summed E-state index contributed by atoms with van der Waals surface area (Å²) in [6.07, 6.45) is 0.224. The number of carbonyl (C=O) groups is 1. The number of fused-ring (bicyclic) bond motifs is 1. The molecule has 24 heavy (non-hydrogen) atoms. The van der Waals surface area contributed by atoms with Crippen molar-refractivity contribution in [3.8, 4) is 0 Å². The average molecular weight is 333 g/mol. The van der Waals surface area contributed by atoms with E-state index in [1.54, 1.807) is 0 Å². The highest BCUT2D eigenvalue weighted by Crippen LogP contribution is 2.18. The molecule has 0 aliphatic carbocycles. The Hall–Kier alpha value is -2.25. The molecule has 1 unspecified atom stereocenters. The van der Waals surface area contributed by atoms with Gasteiger partial charge in [0.05, 0.1) is 24.2 Å². The van der Waals surface area contributed by atoms with Gasteiger partial charge in [-0.1, -0.05) is 0 Å². The number of nitrogens with zero attached hydrogens (tertiary/aromatic N) is 2. The molecule has 0 aliphatic heterocycles. The van der Waals surface area contributed by atoms with Gasteiger partial charge in [-0.2, -0.15) is 0 Å². The van der Waals surface area contributed by atoms with Gasteiger partial charge in [0.2, 0.25) is 5.69 Å². The van der Waals surface area contributed by atoms with Crippen LogP contribution in [-0.4, -0.2) is 40.4 Å². The van der Waals surface area contributed by atoms with Crippen LogP contribution in [0.25, 0.3) is 11.0 Å². The summed E-state index contributed by atoms with van der Waals surface area (Å²) in [4.78, 5) is 28.7. The van der Waals surface area contributed by atoms with Gasteiger partial charge in [-0.3, -0.25) is 4.79 Å². The maximum atomic E-state index is 12.6. The third-order valence-electron chi connectivity index (χ3n) is 4.13. The molecular formula is C17H23N3O4. The fraction of sp³-hybridized carbons (Fsp3) is 0.471. The molecule has 1 aromatic heterocycles. The molecular weight excluding hydrogens is 310 g/mol. The normalized spacial score (nSPS) is 12.4. The lowest BCUT2D eigenvalue weighted by molar-refractivity contribution is 0.0591. The maximum Gasteiger partial charge on any atom is 0.362 e. The van der Waals surface area contributed by atoms with Crippen molar-refractivity contribution in [3.05, 3.63) is 39.3 Å². The Balaban J connectivity index is 2.59. The first-order valence-corrected chi connectivity index (χ1v) is 7.87. The number of benzene rings is 1. The molecule has 0 fully saturated rings. The number of rotatable bonds is 6. The zero-order valence-electron chi connectivity index (χ0n) is 14.2. The zero-order valence-corrected chi connectivity index (χ0v) is 14.2. The summed E-state index contributed by atoms with van der Waals surface area (Å²) in [7, 11) is 1.21. The molecule has 1 aromatic carbocycles. The number of aliphatic hydroxyl groups is 1. The standard InChI is InChI=1S/C17H23N3O4/c1-10-8-13-14(9-11(10)2)20(7-5-12(21)4-6-18)16(22)15(19-13)17(23)24-3/h8-9,12,21H,4-7,18H2,1-3H3. The van der Waals surface area contributed by atoms with E-state index in [1.807, 2.05) is 26.0 Å². The van der Waals surface area contributed by atoms with Crippen LogP contribution in [0.15, 0.2) is 16.9 Å². The van der Waals surface area contributed by atoms with E-state index in [0.717, 1.165) is 11.1 Å². The fourth-order valence-corrected chi connectivity index (χ4v) is 2.56. The highest BCUT2D eigenvalue weighted by Gasteiger charge is 2.19. The predicted octanol–water partition coefficient (Wildman–Crippen LogP) is 0.900. The third kappa shape index (κ3) is 3.63. The Morgan fingerprint density at radius 3 is 2.62 bits per heavy atom. The van der Waals surface area contributed by atoms with Gasteiger partial charge in [0.25, 0.3) is 5.56 Å². The van der Waals surface area contributed by atoms with E-state index in [0.29, 0.717) is 30.4 Å². The van der Waals surface area contributed by atoms with Gasteiger partial charge in [0, 0.05) is 6.54 Å². The maximum absolute atomic E-state index is 12.6. The van der Waals surface area contributed by atoms with Gasteiger partial charge < -0.3 is 20.1 Å². The minimum atomic E-state index is -0.767. The smallest absolute Gasteiger partial charge is 0.362 e. The van der Waals surface area contributed by atoms with E-state index in [9.17, 15) is 14.7 Å². The second-order valence-corrected chi connectivity index (χ2v) is 5.85. The number of methoxy groups -OCH3 is 1. The van der Waals surface area contributed by atoms with E-state index in [2.05, 4.69) is 9.72 Å². The summed E-state index contributed by atoms with van der Waals surface area (Å²) >= 11 is 0. The molecule has 1 heterocycles. The summed E-state index contributed by atoms with van der Waals surface area (Å²) in [5.41, 5.74) is 7.89. The molecule has 7 nitrogen and oxygen atoms in total. The molecule has 0 spiro atoms. The first kappa shape index (κ1) is 18.1. The number of ether oxygens (including phenoxy) is 1. The lowest BCUT2D eigenvalue weighted by Gasteiger charge is -2.15. The molecule has 7 heteroatoms. The Morgan fingerprint density at radius 1 is 1.33 bits per heavy atom. The van der Waals surface area contributed by atoms with Crippen LogP contribution < -0.4 is 11.3 Å². The summed E-state index contributed by atoms with van der Waals surface area (Å²) in [6, 6.07) is 3.71. The van der Waals surface area contributed by atoms with Crippen molar-refractivity contribution < 1.29 is 14.6 Å². The summed E-state index contributed by atoms with van der Waals surface area (Å²) in [5.74, 6) is -0.767. The number of hydrogen-bond acceptors (Lipinski definition) is 6. The molecule has 0 bridgehead atoms. The van der Waals surface area contributed by atoms with Crippen LogP contribution in [0.3, 0.4) is 0 Å². The topological polar surface area (TPSA) is 107 Å². The Bertz CT molecular complexity index is 814. The van der Waals surface area contributed by atoms with E-state index >= 15 is 0 Å². The Morgan fingerprint density at radius 2 is 2.00 bits per heavy atom. The molecule has 0 aliphatic rings. The van der Waals surface area contributed by atoms with Gasteiger partial charge in [0.1, 0.15) is 0 Å². The van der Waals surface area contributed by atoms with Crippen LogP contribution in [-0.2, 0) is 11.3 Å². The monoisotopic (exact) mass is 333 g/mol. The average Bonchev–Trinajstić information content (AvgIpc) is 2.55. The molecule has 0 saturated heterocycles. The van der Waals surface area contributed by atoms with Crippen molar-refractivity contribution in [3.63, 3.8) is 0 Å². The summed E-state index contributed by atoms with van der Waals surface area (Å²) < 4.78 is 6.13. The van der Waals surface area contributed by atoms with E-state index < -0.39 is 17.6 Å². The molecule has 0 amide bonds. The van der Waals surface area contributed by atoms with Crippen LogP contribution in [0.5, 0.6) is 0 Å². The van der Waals surface area contributed by atoms with Crippen LogP contribution >= 0.6 is 0 Å². The molecule has 0 radical (unpaired) electrons. The van der Waals surface area contributed by atoms with E-state index in [4.69, 9.17) is 5.73 Å². The van der Waals surface area contributed by atoms with Crippen molar-refractivity contribution in [2.24, 2.45) is 5.73 Å². The third-order valence-corrected chi connectivity index (χ3v) is 4.13. The quantitative estimate of drug-likeness (QED) is 0.761. The number of esters is 1. The van der Waals surface area contributed by atoms with Crippen molar-refractivity contribution in [1.82, 2.24) is 9.55 Å². The van der Waals surface area contributed by atoms with Gasteiger partial charge >= 0.3 is 5.97 Å². The van der Waals surface area contributed by atoms with Crippen LogP contribution in [0, 0.1) is 13.8 Å². The van der Waals surface area contributed by atoms with Gasteiger partial charge in [-0.05, 0) is 56.5 Å². The van der Waals surface area contributed by atoms with Gasteiger partial charge in [-0.25, -0.2) is 9.78 Å². The molecule has 0 saturated carbocycles. The van der Waals surface area contributed by atoms with Crippen molar-refractivity contribution >= 4 is 17.0 Å². The van der Waals surface area contributed by atoms with Gasteiger partial charge in [0.15, 0.2) is 0 Å². The predicted molar refractivity (Wildman–Crippen MR) is 91.1 cm³/mol. The highest BCUT2D eigenvalue weighted by molar-refractivity contribution is 5.89. The first-order chi connectivity index (χ1) is 11.4. The minimum absolute atomic E-state index is 0.249. The lowest BCUT2D eigenvalue weighted by atomic mass is 10.1. The van der Waals surface area contributed by atoms with Crippen LogP contribution in [0.4, 0.5) is 0 Å². The van der Waals surface area contributed by atoms with Crippen molar-refractivity contribution in [1.29, 1.82) is 0 Å². The van der Waals surface area contributed by atoms with E-state index in [1.165, 1.54) is 11.7 Å². The fourth-order valence-electron chi connectivity index (χ4n) is 2.56. The van der Waals surface area contributed by atoms with Gasteiger partial charge in [-0.15, -0.1) is 0 Å². The SMILES string of the molecule is COC(=O)c1nc2cc(C)c(C)cc2n(CCC(O)CCN)c1=O. The Labute approximate surface area is 140 Å². The van der Waals surface area contributed by atoms with Crippen LogP contribution in [0.2, 0.25) is 0 Å². The number of nitrogens with two attached hydrogens (primary N) is 1. The zero-order chi connectivity index (χ0) is 17.9. The number of aromatic nitrogens is 2. The van der Waals surface area contributed by atoms with Crippen molar-refractivity contribution in [2.45, 2.75) is 39.3 Å². The lowest BCUT2D eigenvalue weighted by Crippen LogP contribution is -2.30. The van der Waals surface area contributed by atoms with Crippen molar-refractivity contribution in [2.75, 3.05) is 13.7 Å². The minimum Gasteiger partial charge on any atom is -0.464 e. The largest absolute Gasteiger partial charge is 0.464 e. The summed E-state index contributed by atoms with van der Waals surface area (Å²) in [5, 5.41) is 9.89. The van der Waals surface area contributed by atoms with Crippen LogP contribution in [0.1, 0.15) is 34.5 Å². The number of aliphatic hydroxyl groups excluding tert-OH is 1. The molecule has 130 valence electrons. The second kappa shape index (κ2) is 7.55. The molecule has 3 N–H and O–H groups in total. The molecule has 1 atom stereocenters. The van der Waals surface area contributed by atoms with E-state index in [-0.39, 0.29) is 12.2 Å². The summed E-state index contributed by atoms with van der Waals surface area (Å²) in [6.45, 7) is 4.53. The first-order valence-electron chi connectivity index (χ1n) is 7.87. The number of hydrogen-bond donors (Lipinski definition) is 2. The Kier molecular flexibility index (Phi) is 5.69. The number of aryl methyl sites for hydroxylation is 3.